The van der Waals surface area contributed by atoms with Crippen LogP contribution in [0.25, 0.3) is 0 Å². The van der Waals surface area contributed by atoms with Gasteiger partial charge in [0.15, 0.2) is 0 Å². The number of aryl methyl sites for hydroxylation is 2. The van der Waals surface area contributed by atoms with E-state index in [9.17, 15) is 9.59 Å². The summed E-state index contributed by atoms with van der Waals surface area (Å²) in [5.41, 5.74) is 4.11. The van der Waals surface area contributed by atoms with Gasteiger partial charge in [-0.2, -0.15) is 17.0 Å². The Kier molecular flexibility index (Phi) is 7.90. The second-order valence-electron chi connectivity index (χ2n) is 6.21. The van der Waals surface area contributed by atoms with Gasteiger partial charge < -0.3 is 10.6 Å². The van der Waals surface area contributed by atoms with Crippen molar-refractivity contribution in [2.45, 2.75) is 26.7 Å². The minimum absolute atomic E-state index is 0.00855. The van der Waals surface area contributed by atoms with E-state index in [2.05, 4.69) is 10.6 Å². The molecule has 0 spiro atoms. The minimum atomic E-state index is -0.116. The lowest BCUT2D eigenvalue weighted by Gasteiger charge is -2.11. The van der Waals surface area contributed by atoms with Gasteiger partial charge in [-0.25, -0.2) is 0 Å². The maximum absolute atomic E-state index is 12.1. The van der Waals surface area contributed by atoms with Crippen LogP contribution < -0.4 is 10.6 Å². The zero-order chi connectivity index (χ0) is 19.6. The van der Waals surface area contributed by atoms with E-state index in [0.29, 0.717) is 29.8 Å². The molecular formula is C21H23N3O2S. The van der Waals surface area contributed by atoms with Gasteiger partial charge in [0.1, 0.15) is 0 Å². The van der Waals surface area contributed by atoms with Crippen molar-refractivity contribution in [2.24, 2.45) is 0 Å². The SMILES string of the molecule is Cc1cccc(C)c1NC(=O)CCCSCC(=O)Nc1cccc(C#N)c1. The topological polar surface area (TPSA) is 82.0 Å². The average molecular weight is 382 g/mol. The molecule has 0 saturated carbocycles. The number of nitrogens with zero attached hydrogens (tertiary/aromatic N) is 1. The Balaban J connectivity index is 1.66. The molecule has 0 bridgehead atoms. The molecule has 0 saturated heterocycles. The molecule has 2 amide bonds. The normalized spacial score (nSPS) is 10.1. The number of nitriles is 1. The van der Waals surface area contributed by atoms with E-state index >= 15 is 0 Å². The third kappa shape index (κ3) is 6.80. The summed E-state index contributed by atoms with van der Waals surface area (Å²) in [6.45, 7) is 3.95. The van der Waals surface area contributed by atoms with Crippen molar-refractivity contribution in [3.8, 4) is 6.07 Å². The quantitative estimate of drug-likeness (QED) is 0.669. The van der Waals surface area contributed by atoms with Gasteiger partial charge in [0.25, 0.3) is 0 Å². The van der Waals surface area contributed by atoms with Gasteiger partial charge in [0.2, 0.25) is 11.8 Å². The van der Waals surface area contributed by atoms with E-state index in [1.54, 1.807) is 24.3 Å². The highest BCUT2D eigenvalue weighted by atomic mass is 32.2. The number of hydrogen-bond donors (Lipinski definition) is 2. The fourth-order valence-electron chi connectivity index (χ4n) is 2.58. The van der Waals surface area contributed by atoms with Gasteiger partial charge in [0.05, 0.1) is 17.4 Å². The van der Waals surface area contributed by atoms with Crippen molar-refractivity contribution in [2.75, 3.05) is 22.1 Å². The number of nitrogens with one attached hydrogen (secondary N) is 2. The molecule has 2 N–H and O–H groups in total. The van der Waals surface area contributed by atoms with Gasteiger partial charge in [-0.3, -0.25) is 9.59 Å². The molecule has 0 fully saturated rings. The summed E-state index contributed by atoms with van der Waals surface area (Å²) in [5, 5.41) is 14.6. The summed E-state index contributed by atoms with van der Waals surface area (Å²) in [7, 11) is 0. The third-order valence-electron chi connectivity index (χ3n) is 3.95. The molecule has 0 aliphatic rings. The molecule has 2 aromatic carbocycles. The van der Waals surface area contributed by atoms with Crippen LogP contribution >= 0.6 is 11.8 Å². The van der Waals surface area contributed by atoms with Gasteiger partial charge in [-0.05, 0) is 55.3 Å². The van der Waals surface area contributed by atoms with E-state index in [0.717, 1.165) is 22.6 Å². The zero-order valence-corrected chi connectivity index (χ0v) is 16.4. The molecule has 0 heterocycles. The van der Waals surface area contributed by atoms with Gasteiger partial charge in [-0.1, -0.05) is 24.3 Å². The van der Waals surface area contributed by atoms with Crippen molar-refractivity contribution in [1.82, 2.24) is 0 Å². The van der Waals surface area contributed by atoms with Gasteiger partial charge >= 0.3 is 0 Å². The van der Waals surface area contributed by atoms with Crippen LogP contribution in [0, 0.1) is 25.2 Å². The number of thioether (sulfide) groups is 1. The van der Waals surface area contributed by atoms with Crippen LogP contribution in [0.15, 0.2) is 42.5 Å². The predicted octanol–water partition coefficient (Wildman–Crippen LogP) is 4.27. The Morgan fingerprint density at radius 2 is 1.74 bits per heavy atom. The van der Waals surface area contributed by atoms with E-state index in [4.69, 9.17) is 5.26 Å². The molecule has 2 rings (SSSR count). The van der Waals surface area contributed by atoms with Crippen molar-refractivity contribution in [3.05, 3.63) is 59.2 Å². The first-order chi connectivity index (χ1) is 13.0. The first kappa shape index (κ1) is 20.5. The Labute approximate surface area is 164 Å². The van der Waals surface area contributed by atoms with Crippen molar-refractivity contribution >= 4 is 35.0 Å². The van der Waals surface area contributed by atoms with Gasteiger partial charge in [-0.15, -0.1) is 0 Å². The molecule has 6 heteroatoms. The Hall–Kier alpha value is -2.78. The lowest BCUT2D eigenvalue weighted by molar-refractivity contribution is -0.116. The molecule has 0 aliphatic carbocycles. The monoisotopic (exact) mass is 381 g/mol. The number of para-hydroxylation sites is 1. The standard InChI is InChI=1S/C21H23N3O2S/c1-15-6-3-7-16(2)21(15)24-19(25)10-5-11-27-14-20(26)23-18-9-4-8-17(12-18)13-22/h3-4,6-9,12H,5,10-11,14H2,1-2H3,(H,23,26)(H,24,25). The molecule has 27 heavy (non-hydrogen) atoms. The van der Waals surface area contributed by atoms with Crippen LogP contribution in [-0.4, -0.2) is 23.3 Å². The molecule has 0 unspecified atom stereocenters. The molecule has 0 radical (unpaired) electrons. The highest BCUT2D eigenvalue weighted by Crippen LogP contribution is 2.20. The maximum Gasteiger partial charge on any atom is 0.234 e. The van der Waals surface area contributed by atoms with E-state index < -0.39 is 0 Å². The van der Waals surface area contributed by atoms with Crippen LogP contribution in [0.5, 0.6) is 0 Å². The summed E-state index contributed by atoms with van der Waals surface area (Å²) in [6, 6.07) is 14.8. The fraction of sp³-hybridized carbons (Fsp3) is 0.286. The molecule has 140 valence electrons. The van der Waals surface area contributed by atoms with E-state index in [1.807, 2.05) is 38.1 Å². The van der Waals surface area contributed by atoms with Gasteiger partial charge in [0, 0.05) is 17.8 Å². The summed E-state index contributed by atoms with van der Waals surface area (Å²) in [5.74, 6) is 0.919. The molecule has 0 atom stereocenters. The van der Waals surface area contributed by atoms with Crippen LogP contribution in [-0.2, 0) is 9.59 Å². The summed E-state index contributed by atoms with van der Waals surface area (Å²) in [4.78, 5) is 24.0. The summed E-state index contributed by atoms with van der Waals surface area (Å²) in [6.07, 6.45) is 1.13. The number of rotatable bonds is 8. The maximum atomic E-state index is 12.1. The van der Waals surface area contributed by atoms with Crippen molar-refractivity contribution in [1.29, 1.82) is 5.26 Å². The van der Waals surface area contributed by atoms with Crippen LogP contribution in [0.4, 0.5) is 11.4 Å². The van der Waals surface area contributed by atoms with E-state index in [-0.39, 0.29) is 11.8 Å². The second-order valence-corrected chi connectivity index (χ2v) is 7.32. The predicted molar refractivity (Wildman–Crippen MR) is 111 cm³/mol. The first-order valence-electron chi connectivity index (χ1n) is 8.73. The van der Waals surface area contributed by atoms with Crippen molar-refractivity contribution in [3.63, 3.8) is 0 Å². The number of benzene rings is 2. The number of carbonyl (C=O) groups is 2. The number of amides is 2. The molecule has 0 aliphatic heterocycles. The Morgan fingerprint density at radius 1 is 1.04 bits per heavy atom. The molecule has 0 aromatic heterocycles. The fourth-order valence-corrected chi connectivity index (χ4v) is 3.33. The Bertz CT molecular complexity index is 838. The smallest absolute Gasteiger partial charge is 0.234 e. The van der Waals surface area contributed by atoms with Crippen LogP contribution in [0.1, 0.15) is 29.5 Å². The minimum Gasteiger partial charge on any atom is -0.326 e. The van der Waals surface area contributed by atoms with Crippen LogP contribution in [0.2, 0.25) is 0 Å². The Morgan fingerprint density at radius 3 is 2.44 bits per heavy atom. The number of anilines is 2. The first-order valence-corrected chi connectivity index (χ1v) is 9.89. The highest BCUT2D eigenvalue weighted by molar-refractivity contribution is 7.99. The van der Waals surface area contributed by atoms with E-state index in [1.165, 1.54) is 11.8 Å². The molecular weight excluding hydrogens is 358 g/mol. The largest absolute Gasteiger partial charge is 0.326 e. The average Bonchev–Trinajstić information content (AvgIpc) is 2.64. The number of carbonyl (C=O) groups excluding carboxylic acids is 2. The molecule has 5 nitrogen and oxygen atoms in total. The second kappa shape index (κ2) is 10.4. The number of hydrogen-bond acceptors (Lipinski definition) is 4. The third-order valence-corrected chi connectivity index (χ3v) is 4.99. The highest BCUT2D eigenvalue weighted by Gasteiger charge is 2.08. The zero-order valence-electron chi connectivity index (χ0n) is 15.5. The summed E-state index contributed by atoms with van der Waals surface area (Å²) < 4.78 is 0. The lowest BCUT2D eigenvalue weighted by Crippen LogP contribution is -2.15. The van der Waals surface area contributed by atoms with Crippen LogP contribution in [0.3, 0.4) is 0 Å². The lowest BCUT2D eigenvalue weighted by atomic mass is 10.1. The van der Waals surface area contributed by atoms with Crippen molar-refractivity contribution < 1.29 is 9.59 Å². The summed E-state index contributed by atoms with van der Waals surface area (Å²) >= 11 is 1.49. The molecule has 2 aromatic rings.